The van der Waals surface area contributed by atoms with E-state index in [-0.39, 0.29) is 16.8 Å². The molecule has 1 aliphatic rings. The molecule has 0 bridgehead atoms. The molecule has 1 atom stereocenters. The monoisotopic (exact) mass is 409 g/mol. The van der Waals surface area contributed by atoms with Gasteiger partial charge in [-0.3, -0.25) is 0 Å². The Kier molecular flexibility index (Phi) is 6.57. The lowest BCUT2D eigenvalue weighted by molar-refractivity contribution is -0.139. The first-order chi connectivity index (χ1) is 13.4. The number of aliphatic hydroxyl groups excluding tert-OH is 1. The first kappa shape index (κ1) is 20.6. The number of nitrogens with zero attached hydrogens (tertiary/aromatic N) is 1. The topological polar surface area (TPSA) is 32.7 Å². The SMILES string of the molecule is C=C(COc1ccc(CO)cc1)N1CC[C@H](Sc2ccccc2C(F)(F)F)C1. The van der Waals surface area contributed by atoms with Gasteiger partial charge in [0.1, 0.15) is 12.4 Å². The van der Waals surface area contributed by atoms with E-state index >= 15 is 0 Å². The molecule has 28 heavy (non-hydrogen) atoms. The molecule has 0 spiro atoms. The van der Waals surface area contributed by atoms with Crippen LogP contribution in [0, 0.1) is 0 Å². The van der Waals surface area contributed by atoms with Crippen molar-refractivity contribution in [3.05, 3.63) is 71.9 Å². The van der Waals surface area contributed by atoms with Gasteiger partial charge in [0.05, 0.1) is 12.2 Å². The fourth-order valence-electron chi connectivity index (χ4n) is 3.04. The number of rotatable bonds is 7. The zero-order valence-corrected chi connectivity index (χ0v) is 16.1. The van der Waals surface area contributed by atoms with Crippen molar-refractivity contribution >= 4 is 11.8 Å². The Morgan fingerprint density at radius 1 is 1.18 bits per heavy atom. The summed E-state index contributed by atoms with van der Waals surface area (Å²) in [5.74, 6) is 0.683. The number of aliphatic hydroxyl groups is 1. The van der Waals surface area contributed by atoms with Crippen molar-refractivity contribution in [1.29, 1.82) is 0 Å². The minimum atomic E-state index is -4.34. The molecule has 3 rings (SSSR count). The maximum absolute atomic E-state index is 13.2. The first-order valence-corrected chi connectivity index (χ1v) is 9.83. The summed E-state index contributed by atoms with van der Waals surface area (Å²) in [5.41, 5.74) is 1.04. The zero-order valence-electron chi connectivity index (χ0n) is 15.3. The number of halogens is 3. The standard InChI is InChI=1S/C21H22F3NO2S/c1-15(14-27-17-8-6-16(13-26)7-9-17)25-11-10-18(12-25)28-20-5-3-2-4-19(20)21(22,23)24/h2-9,18,26H,1,10-14H2/t18-/m0/s1. The van der Waals surface area contributed by atoms with Gasteiger partial charge in [-0.15, -0.1) is 11.8 Å². The first-order valence-electron chi connectivity index (χ1n) is 8.95. The van der Waals surface area contributed by atoms with Crippen molar-refractivity contribution in [2.24, 2.45) is 0 Å². The molecule has 1 fully saturated rings. The van der Waals surface area contributed by atoms with Crippen LogP contribution >= 0.6 is 11.8 Å². The van der Waals surface area contributed by atoms with Gasteiger partial charge in [0.15, 0.2) is 0 Å². The predicted octanol–water partition coefficient (Wildman–Crippen LogP) is 4.96. The summed E-state index contributed by atoms with van der Waals surface area (Å²) in [6, 6.07) is 12.9. The van der Waals surface area contributed by atoms with Crippen LogP contribution in [-0.2, 0) is 12.8 Å². The van der Waals surface area contributed by atoms with E-state index in [4.69, 9.17) is 9.84 Å². The van der Waals surface area contributed by atoms with Crippen molar-refractivity contribution in [2.45, 2.75) is 29.3 Å². The lowest BCUT2D eigenvalue weighted by Gasteiger charge is -2.22. The smallest absolute Gasteiger partial charge is 0.417 e. The van der Waals surface area contributed by atoms with Gasteiger partial charge in [0.25, 0.3) is 0 Å². The number of hydrogen-bond donors (Lipinski definition) is 1. The van der Waals surface area contributed by atoms with Gasteiger partial charge in [0.2, 0.25) is 0 Å². The molecule has 2 aromatic rings. The normalized spacial score (nSPS) is 17.0. The minimum Gasteiger partial charge on any atom is -0.487 e. The largest absolute Gasteiger partial charge is 0.487 e. The maximum Gasteiger partial charge on any atom is 0.417 e. The van der Waals surface area contributed by atoms with E-state index in [0.29, 0.717) is 18.9 Å². The van der Waals surface area contributed by atoms with Crippen LogP contribution in [-0.4, -0.2) is 35.0 Å². The second kappa shape index (κ2) is 8.92. The third kappa shape index (κ3) is 5.23. The Labute approximate surface area is 166 Å². The van der Waals surface area contributed by atoms with Crippen molar-refractivity contribution in [3.8, 4) is 5.75 Å². The average Bonchev–Trinajstić information content (AvgIpc) is 3.14. The molecule has 0 unspecified atom stereocenters. The number of hydrogen-bond acceptors (Lipinski definition) is 4. The van der Waals surface area contributed by atoms with Crippen LogP contribution in [0.5, 0.6) is 5.75 Å². The van der Waals surface area contributed by atoms with E-state index in [1.54, 1.807) is 30.3 Å². The Balaban J connectivity index is 1.53. The van der Waals surface area contributed by atoms with Gasteiger partial charge in [-0.1, -0.05) is 30.8 Å². The van der Waals surface area contributed by atoms with Crippen LogP contribution in [0.15, 0.2) is 65.7 Å². The predicted molar refractivity (Wildman–Crippen MR) is 104 cm³/mol. The number of ether oxygens (including phenoxy) is 1. The Morgan fingerprint density at radius 2 is 1.89 bits per heavy atom. The molecule has 150 valence electrons. The van der Waals surface area contributed by atoms with Crippen molar-refractivity contribution in [3.63, 3.8) is 0 Å². The Hall–Kier alpha value is -2.12. The highest BCUT2D eigenvalue weighted by molar-refractivity contribution is 8.00. The quantitative estimate of drug-likeness (QED) is 0.701. The maximum atomic E-state index is 13.2. The average molecular weight is 409 g/mol. The molecule has 2 aromatic carbocycles. The van der Waals surface area contributed by atoms with Crippen molar-refractivity contribution < 1.29 is 23.0 Å². The molecule has 0 aliphatic carbocycles. The molecule has 1 saturated heterocycles. The summed E-state index contributed by atoms with van der Waals surface area (Å²) in [6.07, 6.45) is -3.55. The van der Waals surface area contributed by atoms with Gasteiger partial charge in [-0.05, 0) is 36.2 Å². The number of benzene rings is 2. The van der Waals surface area contributed by atoms with Crippen LogP contribution in [0.1, 0.15) is 17.5 Å². The number of likely N-dealkylation sites (tertiary alicyclic amines) is 1. The second-order valence-electron chi connectivity index (χ2n) is 6.63. The summed E-state index contributed by atoms with van der Waals surface area (Å²) in [4.78, 5) is 2.34. The van der Waals surface area contributed by atoms with Crippen LogP contribution in [0.4, 0.5) is 13.2 Å². The summed E-state index contributed by atoms with van der Waals surface area (Å²) >= 11 is 1.28. The van der Waals surface area contributed by atoms with Crippen LogP contribution < -0.4 is 4.74 Å². The number of thioether (sulfide) groups is 1. The van der Waals surface area contributed by atoms with E-state index in [1.807, 2.05) is 0 Å². The third-order valence-electron chi connectivity index (χ3n) is 4.59. The van der Waals surface area contributed by atoms with E-state index in [9.17, 15) is 13.2 Å². The van der Waals surface area contributed by atoms with E-state index in [2.05, 4.69) is 11.5 Å². The van der Waals surface area contributed by atoms with E-state index < -0.39 is 11.7 Å². The number of alkyl halides is 3. The molecule has 0 saturated carbocycles. The van der Waals surface area contributed by atoms with Gasteiger partial charge in [-0.25, -0.2) is 0 Å². The van der Waals surface area contributed by atoms with E-state index in [0.717, 1.165) is 30.3 Å². The highest BCUT2D eigenvalue weighted by Crippen LogP contribution is 2.40. The Morgan fingerprint density at radius 3 is 2.57 bits per heavy atom. The van der Waals surface area contributed by atoms with Crippen molar-refractivity contribution in [1.82, 2.24) is 4.90 Å². The molecular weight excluding hydrogens is 387 g/mol. The molecule has 0 aromatic heterocycles. The minimum absolute atomic E-state index is 0.0166. The van der Waals surface area contributed by atoms with E-state index in [1.165, 1.54) is 23.9 Å². The fourth-order valence-corrected chi connectivity index (χ4v) is 4.35. The summed E-state index contributed by atoms with van der Waals surface area (Å²) < 4.78 is 45.2. The second-order valence-corrected chi connectivity index (χ2v) is 7.97. The summed E-state index contributed by atoms with van der Waals surface area (Å²) in [6.45, 7) is 5.74. The molecule has 1 heterocycles. The zero-order chi connectivity index (χ0) is 20.1. The molecule has 7 heteroatoms. The highest BCUT2D eigenvalue weighted by atomic mass is 32.2. The Bertz CT molecular complexity index is 808. The summed E-state index contributed by atoms with van der Waals surface area (Å²) in [7, 11) is 0. The fraction of sp³-hybridized carbons (Fsp3) is 0.333. The summed E-state index contributed by atoms with van der Waals surface area (Å²) in [5, 5.41) is 9.13. The molecule has 1 aliphatic heterocycles. The lowest BCUT2D eigenvalue weighted by Crippen LogP contribution is -2.24. The molecular formula is C21H22F3NO2S. The van der Waals surface area contributed by atoms with Crippen LogP contribution in [0.2, 0.25) is 0 Å². The van der Waals surface area contributed by atoms with Gasteiger partial charge in [-0.2, -0.15) is 13.2 Å². The van der Waals surface area contributed by atoms with Crippen LogP contribution in [0.25, 0.3) is 0 Å². The molecule has 3 nitrogen and oxygen atoms in total. The van der Waals surface area contributed by atoms with Crippen LogP contribution in [0.3, 0.4) is 0 Å². The highest BCUT2D eigenvalue weighted by Gasteiger charge is 2.34. The lowest BCUT2D eigenvalue weighted by atomic mass is 10.2. The van der Waals surface area contributed by atoms with Gasteiger partial charge >= 0.3 is 6.18 Å². The third-order valence-corrected chi connectivity index (χ3v) is 5.92. The van der Waals surface area contributed by atoms with Gasteiger partial charge in [0, 0.05) is 28.9 Å². The molecule has 0 amide bonds. The molecule has 0 radical (unpaired) electrons. The van der Waals surface area contributed by atoms with Crippen molar-refractivity contribution in [2.75, 3.05) is 19.7 Å². The van der Waals surface area contributed by atoms with Gasteiger partial charge < -0.3 is 14.7 Å². The molecule has 1 N–H and O–H groups in total.